The summed E-state index contributed by atoms with van der Waals surface area (Å²) in [5, 5.41) is 3.60. The van der Waals surface area contributed by atoms with Crippen molar-refractivity contribution in [3.63, 3.8) is 0 Å². The molecule has 1 aliphatic carbocycles. The predicted octanol–water partition coefficient (Wildman–Crippen LogP) is 3.39. The number of methoxy groups -OCH3 is 1. The van der Waals surface area contributed by atoms with Gasteiger partial charge >= 0.3 is 5.97 Å². The molecule has 0 heterocycles. The van der Waals surface area contributed by atoms with E-state index in [1.165, 1.54) is 26.4 Å². The topological polar surface area (TPSA) is 38.3 Å². The Bertz CT molecular complexity index is 458. The van der Waals surface area contributed by atoms with E-state index in [1.54, 1.807) is 0 Å². The molecule has 1 saturated carbocycles. The summed E-state index contributed by atoms with van der Waals surface area (Å²) in [5.41, 5.74) is 1.69. The van der Waals surface area contributed by atoms with Gasteiger partial charge in [0.1, 0.15) is 0 Å². The van der Waals surface area contributed by atoms with E-state index in [2.05, 4.69) is 19.2 Å². The first kappa shape index (κ1) is 15.0. The zero-order valence-corrected chi connectivity index (χ0v) is 12.7. The molecule has 2 rings (SSSR count). The molecule has 3 nitrogen and oxygen atoms in total. The first-order valence-electron chi connectivity index (χ1n) is 7.51. The van der Waals surface area contributed by atoms with Gasteiger partial charge in [0.2, 0.25) is 0 Å². The van der Waals surface area contributed by atoms with Crippen LogP contribution in [0, 0.1) is 11.8 Å². The number of esters is 1. The fourth-order valence-corrected chi connectivity index (χ4v) is 2.97. The second kappa shape index (κ2) is 6.89. The van der Waals surface area contributed by atoms with Crippen molar-refractivity contribution in [2.75, 3.05) is 7.11 Å². The van der Waals surface area contributed by atoms with E-state index in [4.69, 9.17) is 4.74 Å². The third-order valence-corrected chi connectivity index (χ3v) is 4.60. The predicted molar refractivity (Wildman–Crippen MR) is 80.6 cm³/mol. The van der Waals surface area contributed by atoms with Crippen molar-refractivity contribution in [1.29, 1.82) is 0 Å². The summed E-state index contributed by atoms with van der Waals surface area (Å²) in [6.07, 6.45) is 3.74. The minimum Gasteiger partial charge on any atom is -0.465 e. The third kappa shape index (κ3) is 3.60. The highest BCUT2D eigenvalue weighted by molar-refractivity contribution is 5.90. The van der Waals surface area contributed by atoms with Crippen LogP contribution in [0.1, 0.15) is 49.0 Å². The van der Waals surface area contributed by atoms with Gasteiger partial charge in [0.15, 0.2) is 0 Å². The summed E-state index contributed by atoms with van der Waals surface area (Å²) >= 11 is 0. The second-order valence-corrected chi connectivity index (χ2v) is 5.99. The highest BCUT2D eigenvalue weighted by Crippen LogP contribution is 2.29. The van der Waals surface area contributed by atoms with Gasteiger partial charge in [-0.15, -0.1) is 0 Å². The molecule has 3 heteroatoms. The maximum Gasteiger partial charge on any atom is 0.338 e. The van der Waals surface area contributed by atoms with Crippen LogP contribution < -0.4 is 5.32 Å². The first-order valence-corrected chi connectivity index (χ1v) is 7.51. The van der Waals surface area contributed by atoms with E-state index < -0.39 is 0 Å². The van der Waals surface area contributed by atoms with Crippen molar-refractivity contribution >= 4 is 5.97 Å². The average molecular weight is 275 g/mol. The molecule has 0 bridgehead atoms. The van der Waals surface area contributed by atoms with Gasteiger partial charge in [-0.3, -0.25) is 0 Å². The third-order valence-electron chi connectivity index (χ3n) is 4.60. The first-order chi connectivity index (χ1) is 9.61. The zero-order chi connectivity index (χ0) is 14.5. The van der Waals surface area contributed by atoms with Crippen LogP contribution >= 0.6 is 0 Å². The van der Waals surface area contributed by atoms with Gasteiger partial charge in [-0.25, -0.2) is 4.79 Å². The molecule has 0 aliphatic heterocycles. The van der Waals surface area contributed by atoms with Gasteiger partial charge in [0.25, 0.3) is 0 Å². The van der Waals surface area contributed by atoms with E-state index in [9.17, 15) is 4.79 Å². The number of carbonyl (C=O) groups is 1. The molecule has 0 saturated heterocycles. The fraction of sp³-hybridized carbons (Fsp3) is 0.588. The molecule has 1 fully saturated rings. The van der Waals surface area contributed by atoms with Gasteiger partial charge < -0.3 is 10.1 Å². The van der Waals surface area contributed by atoms with Crippen LogP contribution in [0.25, 0.3) is 0 Å². The molecule has 3 atom stereocenters. The lowest BCUT2D eigenvalue weighted by atomic mass is 9.79. The zero-order valence-electron chi connectivity index (χ0n) is 12.7. The molecule has 0 aromatic heterocycles. The molecule has 20 heavy (non-hydrogen) atoms. The van der Waals surface area contributed by atoms with Crippen LogP contribution in [0.3, 0.4) is 0 Å². The van der Waals surface area contributed by atoms with Crippen LogP contribution in [0.2, 0.25) is 0 Å². The number of ether oxygens (including phenoxy) is 1. The standard InChI is InChI=1S/C17H25NO2/c1-12-8-9-15(10-13(12)2)18-11-14-6-4-5-7-16(14)17(19)20-3/h4-7,12-13,15,18H,8-11H2,1-3H3. The summed E-state index contributed by atoms with van der Waals surface area (Å²) in [4.78, 5) is 11.7. The smallest absolute Gasteiger partial charge is 0.338 e. The van der Waals surface area contributed by atoms with E-state index >= 15 is 0 Å². The number of carbonyl (C=O) groups excluding carboxylic acids is 1. The number of nitrogens with one attached hydrogen (secondary N) is 1. The molecule has 1 aromatic rings. The van der Waals surface area contributed by atoms with Crippen LogP contribution in [-0.2, 0) is 11.3 Å². The molecule has 3 unspecified atom stereocenters. The van der Waals surface area contributed by atoms with Gasteiger partial charge in [-0.1, -0.05) is 32.0 Å². The summed E-state index contributed by atoms with van der Waals surface area (Å²) < 4.78 is 4.83. The van der Waals surface area contributed by atoms with Crippen molar-refractivity contribution in [2.45, 2.75) is 45.7 Å². The lowest BCUT2D eigenvalue weighted by Gasteiger charge is -2.32. The molecular formula is C17H25NO2. The number of hydrogen-bond acceptors (Lipinski definition) is 3. The highest BCUT2D eigenvalue weighted by Gasteiger charge is 2.24. The van der Waals surface area contributed by atoms with Crippen LogP contribution in [0.5, 0.6) is 0 Å². The molecule has 1 aliphatic rings. The lowest BCUT2D eigenvalue weighted by Crippen LogP contribution is -2.36. The van der Waals surface area contributed by atoms with Gasteiger partial charge in [0, 0.05) is 12.6 Å². The Balaban J connectivity index is 1.96. The van der Waals surface area contributed by atoms with Crippen molar-refractivity contribution in [3.8, 4) is 0 Å². The molecule has 1 N–H and O–H groups in total. The Morgan fingerprint density at radius 1 is 1.25 bits per heavy atom. The SMILES string of the molecule is COC(=O)c1ccccc1CNC1CCC(C)C(C)C1. The Labute approximate surface area is 121 Å². The number of benzene rings is 1. The van der Waals surface area contributed by atoms with Crippen LogP contribution in [-0.4, -0.2) is 19.1 Å². The van der Waals surface area contributed by atoms with Crippen molar-refractivity contribution in [1.82, 2.24) is 5.32 Å². The molecule has 110 valence electrons. The van der Waals surface area contributed by atoms with E-state index in [-0.39, 0.29) is 5.97 Å². The van der Waals surface area contributed by atoms with Crippen molar-refractivity contribution in [3.05, 3.63) is 35.4 Å². The highest BCUT2D eigenvalue weighted by atomic mass is 16.5. The van der Waals surface area contributed by atoms with E-state index in [0.717, 1.165) is 23.9 Å². The van der Waals surface area contributed by atoms with Crippen molar-refractivity contribution < 1.29 is 9.53 Å². The Morgan fingerprint density at radius 3 is 2.70 bits per heavy atom. The second-order valence-electron chi connectivity index (χ2n) is 5.99. The summed E-state index contributed by atoms with van der Waals surface area (Å²) in [6.45, 7) is 5.41. The van der Waals surface area contributed by atoms with E-state index in [1.807, 2.05) is 24.3 Å². The minimum absolute atomic E-state index is 0.256. The average Bonchev–Trinajstić information content (AvgIpc) is 2.48. The fourth-order valence-electron chi connectivity index (χ4n) is 2.97. The monoisotopic (exact) mass is 275 g/mol. The maximum atomic E-state index is 11.7. The molecule has 0 radical (unpaired) electrons. The number of hydrogen-bond donors (Lipinski definition) is 1. The van der Waals surface area contributed by atoms with Gasteiger partial charge in [0.05, 0.1) is 12.7 Å². The summed E-state index contributed by atoms with van der Waals surface area (Å²) in [5.74, 6) is 1.35. The Morgan fingerprint density at radius 2 is 2.00 bits per heavy atom. The quantitative estimate of drug-likeness (QED) is 0.856. The van der Waals surface area contributed by atoms with Crippen LogP contribution in [0.15, 0.2) is 24.3 Å². The Kier molecular flexibility index (Phi) is 5.18. The molecule has 0 amide bonds. The summed E-state index contributed by atoms with van der Waals surface area (Å²) in [6, 6.07) is 8.23. The number of rotatable bonds is 4. The van der Waals surface area contributed by atoms with Crippen molar-refractivity contribution in [2.24, 2.45) is 11.8 Å². The largest absolute Gasteiger partial charge is 0.465 e. The maximum absolute atomic E-state index is 11.7. The molecule has 1 aromatic carbocycles. The minimum atomic E-state index is -0.256. The normalized spacial score (nSPS) is 26.2. The Hall–Kier alpha value is -1.35. The van der Waals surface area contributed by atoms with E-state index in [0.29, 0.717) is 11.6 Å². The lowest BCUT2D eigenvalue weighted by molar-refractivity contribution is 0.0599. The van der Waals surface area contributed by atoms with Gasteiger partial charge in [-0.05, 0) is 42.7 Å². The molecular weight excluding hydrogens is 250 g/mol. The summed E-state index contributed by atoms with van der Waals surface area (Å²) in [7, 11) is 1.43. The van der Waals surface area contributed by atoms with Crippen LogP contribution in [0.4, 0.5) is 0 Å². The molecule has 0 spiro atoms. The van der Waals surface area contributed by atoms with Gasteiger partial charge in [-0.2, -0.15) is 0 Å².